The number of aromatic nitrogens is 4. The predicted octanol–water partition coefficient (Wildman–Crippen LogP) is 2.46. The van der Waals surface area contributed by atoms with Crippen LogP contribution in [-0.4, -0.2) is 19.2 Å². The molecule has 0 aliphatic heterocycles. The maximum absolute atomic E-state index is 12.6. The van der Waals surface area contributed by atoms with Gasteiger partial charge in [-0.25, -0.2) is 4.68 Å². The van der Waals surface area contributed by atoms with Gasteiger partial charge in [0.1, 0.15) is 11.3 Å². The van der Waals surface area contributed by atoms with E-state index in [4.69, 9.17) is 0 Å². The van der Waals surface area contributed by atoms with Crippen LogP contribution in [-0.2, 0) is 6.54 Å². The van der Waals surface area contributed by atoms with E-state index in [1.54, 1.807) is 23.7 Å². The standard InChI is InChI=1S/C15H12N4OS/c1-10-17-18(9-11-2-5-16-6-3-11)15(20)13-8-14-12(19(10)13)4-7-21-14/h2-8H,9H2,1H3. The fourth-order valence-electron chi connectivity index (χ4n) is 2.60. The Hall–Kier alpha value is -2.47. The molecule has 0 aliphatic carbocycles. The molecule has 0 spiro atoms. The van der Waals surface area contributed by atoms with Crippen LogP contribution in [0.25, 0.3) is 15.7 Å². The van der Waals surface area contributed by atoms with Crippen molar-refractivity contribution in [2.75, 3.05) is 0 Å². The number of hydrogen-bond acceptors (Lipinski definition) is 4. The number of aryl methyl sites for hydroxylation is 1. The van der Waals surface area contributed by atoms with E-state index in [-0.39, 0.29) is 5.56 Å². The molecule has 0 amide bonds. The molecule has 4 heterocycles. The minimum Gasteiger partial charge on any atom is -0.291 e. The largest absolute Gasteiger partial charge is 0.291 e. The van der Waals surface area contributed by atoms with Crippen LogP contribution in [0.1, 0.15) is 11.4 Å². The van der Waals surface area contributed by atoms with Gasteiger partial charge in [0.15, 0.2) is 0 Å². The van der Waals surface area contributed by atoms with Crippen molar-refractivity contribution in [3.8, 4) is 0 Å². The minimum absolute atomic E-state index is 0.0687. The number of thiophene rings is 1. The third kappa shape index (κ3) is 1.87. The van der Waals surface area contributed by atoms with E-state index in [1.807, 2.05) is 41.0 Å². The molecule has 0 N–H and O–H groups in total. The van der Waals surface area contributed by atoms with Crippen LogP contribution in [0.2, 0.25) is 0 Å². The number of rotatable bonds is 2. The Kier molecular flexibility index (Phi) is 2.65. The second kappa shape index (κ2) is 4.53. The average Bonchev–Trinajstić information content (AvgIpc) is 3.06. The Morgan fingerprint density at radius 2 is 2.00 bits per heavy atom. The van der Waals surface area contributed by atoms with E-state index in [1.165, 1.54) is 4.68 Å². The van der Waals surface area contributed by atoms with Crippen LogP contribution in [0.4, 0.5) is 0 Å². The van der Waals surface area contributed by atoms with Crippen molar-refractivity contribution in [1.82, 2.24) is 19.2 Å². The number of hydrogen-bond donors (Lipinski definition) is 0. The molecule has 0 saturated carbocycles. The molecule has 4 aromatic rings. The lowest BCUT2D eigenvalue weighted by Crippen LogP contribution is -2.26. The van der Waals surface area contributed by atoms with E-state index < -0.39 is 0 Å². The molecule has 104 valence electrons. The lowest BCUT2D eigenvalue weighted by Gasteiger charge is -2.08. The summed E-state index contributed by atoms with van der Waals surface area (Å²) in [6.45, 7) is 2.38. The van der Waals surface area contributed by atoms with Crippen molar-refractivity contribution in [1.29, 1.82) is 0 Å². The fourth-order valence-corrected chi connectivity index (χ4v) is 3.40. The van der Waals surface area contributed by atoms with Crippen LogP contribution < -0.4 is 5.56 Å². The zero-order valence-electron chi connectivity index (χ0n) is 11.4. The maximum atomic E-state index is 12.6. The molecular formula is C15H12N4OS. The smallest absolute Gasteiger partial charge is 0.291 e. The van der Waals surface area contributed by atoms with Gasteiger partial charge in [0.05, 0.1) is 16.8 Å². The summed E-state index contributed by atoms with van der Waals surface area (Å²) >= 11 is 1.64. The summed E-state index contributed by atoms with van der Waals surface area (Å²) in [5.74, 6) is 0.812. The second-order valence-corrected chi connectivity index (χ2v) is 5.85. The van der Waals surface area contributed by atoms with Crippen molar-refractivity contribution in [2.45, 2.75) is 13.5 Å². The number of fused-ring (bicyclic) bond motifs is 3. The van der Waals surface area contributed by atoms with Gasteiger partial charge in [-0.3, -0.25) is 14.2 Å². The van der Waals surface area contributed by atoms with Gasteiger partial charge in [-0.05, 0) is 42.1 Å². The molecule has 21 heavy (non-hydrogen) atoms. The summed E-state index contributed by atoms with van der Waals surface area (Å²) in [5.41, 5.74) is 2.67. The van der Waals surface area contributed by atoms with Gasteiger partial charge >= 0.3 is 0 Å². The van der Waals surface area contributed by atoms with Crippen LogP contribution in [0, 0.1) is 6.92 Å². The van der Waals surface area contributed by atoms with Gasteiger partial charge in [-0.1, -0.05) is 0 Å². The van der Waals surface area contributed by atoms with Crippen molar-refractivity contribution < 1.29 is 0 Å². The molecule has 6 heteroatoms. The van der Waals surface area contributed by atoms with E-state index in [0.29, 0.717) is 12.1 Å². The van der Waals surface area contributed by atoms with Gasteiger partial charge < -0.3 is 0 Å². The quantitative estimate of drug-likeness (QED) is 0.571. The molecule has 0 aromatic carbocycles. The maximum Gasteiger partial charge on any atom is 0.291 e. The minimum atomic E-state index is -0.0687. The highest BCUT2D eigenvalue weighted by atomic mass is 32.1. The Bertz CT molecular complexity index is 997. The molecule has 4 rings (SSSR count). The van der Waals surface area contributed by atoms with E-state index >= 15 is 0 Å². The molecule has 0 radical (unpaired) electrons. The summed E-state index contributed by atoms with van der Waals surface area (Å²) < 4.78 is 4.56. The highest BCUT2D eigenvalue weighted by Gasteiger charge is 2.12. The second-order valence-electron chi connectivity index (χ2n) is 4.90. The van der Waals surface area contributed by atoms with Crippen LogP contribution in [0.5, 0.6) is 0 Å². The van der Waals surface area contributed by atoms with Gasteiger partial charge in [-0.2, -0.15) is 5.10 Å². The molecule has 0 unspecified atom stereocenters. The highest BCUT2D eigenvalue weighted by Crippen LogP contribution is 2.24. The zero-order valence-corrected chi connectivity index (χ0v) is 12.2. The van der Waals surface area contributed by atoms with Crippen molar-refractivity contribution in [3.63, 3.8) is 0 Å². The lowest BCUT2D eigenvalue weighted by atomic mass is 10.3. The Labute approximate surface area is 124 Å². The predicted molar refractivity (Wildman–Crippen MR) is 82.9 cm³/mol. The Morgan fingerprint density at radius 1 is 1.19 bits per heavy atom. The first-order chi connectivity index (χ1) is 10.2. The summed E-state index contributed by atoms with van der Waals surface area (Å²) in [5, 5.41) is 6.48. The monoisotopic (exact) mass is 296 g/mol. The summed E-state index contributed by atoms with van der Waals surface area (Å²) in [7, 11) is 0. The molecule has 4 aromatic heterocycles. The molecule has 0 saturated heterocycles. The van der Waals surface area contributed by atoms with Gasteiger partial charge in [-0.15, -0.1) is 11.3 Å². The van der Waals surface area contributed by atoms with Crippen LogP contribution in [0.15, 0.2) is 46.8 Å². The Morgan fingerprint density at radius 3 is 2.81 bits per heavy atom. The van der Waals surface area contributed by atoms with Gasteiger partial charge in [0.2, 0.25) is 0 Å². The summed E-state index contributed by atoms with van der Waals surface area (Å²) in [6, 6.07) is 7.75. The average molecular weight is 296 g/mol. The molecule has 5 nitrogen and oxygen atoms in total. The molecule has 0 fully saturated rings. The SMILES string of the molecule is Cc1nn(Cc2ccncc2)c(=O)c2cc3sccc3n12. The number of nitrogens with zero attached hydrogens (tertiary/aromatic N) is 4. The third-order valence-corrected chi connectivity index (χ3v) is 4.40. The molecule has 0 atom stereocenters. The van der Waals surface area contributed by atoms with E-state index in [2.05, 4.69) is 10.1 Å². The molecule has 0 aliphatic rings. The van der Waals surface area contributed by atoms with Crippen LogP contribution in [0.3, 0.4) is 0 Å². The van der Waals surface area contributed by atoms with Crippen molar-refractivity contribution in [2.24, 2.45) is 0 Å². The third-order valence-electron chi connectivity index (χ3n) is 3.55. The first-order valence-electron chi connectivity index (χ1n) is 6.59. The molecular weight excluding hydrogens is 284 g/mol. The van der Waals surface area contributed by atoms with Gasteiger partial charge in [0, 0.05) is 12.4 Å². The summed E-state index contributed by atoms with van der Waals surface area (Å²) in [4.78, 5) is 16.6. The lowest BCUT2D eigenvalue weighted by molar-refractivity contribution is 0.615. The number of pyridine rings is 1. The normalized spacial score (nSPS) is 11.5. The van der Waals surface area contributed by atoms with Gasteiger partial charge in [0.25, 0.3) is 5.56 Å². The van der Waals surface area contributed by atoms with Crippen molar-refractivity contribution >= 4 is 27.1 Å². The fraction of sp³-hybridized carbons (Fsp3) is 0.133. The van der Waals surface area contributed by atoms with E-state index in [0.717, 1.165) is 21.6 Å². The van der Waals surface area contributed by atoms with E-state index in [9.17, 15) is 4.79 Å². The van der Waals surface area contributed by atoms with Crippen LogP contribution >= 0.6 is 11.3 Å². The highest BCUT2D eigenvalue weighted by molar-refractivity contribution is 7.17. The first-order valence-corrected chi connectivity index (χ1v) is 7.47. The summed E-state index contributed by atoms with van der Waals surface area (Å²) in [6.07, 6.45) is 3.44. The molecule has 0 bridgehead atoms. The topological polar surface area (TPSA) is 52.2 Å². The Balaban J connectivity index is 1.95. The van der Waals surface area contributed by atoms with Crippen molar-refractivity contribution in [3.05, 3.63) is 63.8 Å². The first kappa shape index (κ1) is 12.3. The zero-order chi connectivity index (χ0) is 14.4.